The fraction of sp³-hybridized carbons (Fsp3) is 0.167. The van der Waals surface area contributed by atoms with E-state index in [0.717, 1.165) is 5.56 Å². The number of benzene rings is 2. The van der Waals surface area contributed by atoms with Crippen molar-refractivity contribution in [3.8, 4) is 5.75 Å². The lowest BCUT2D eigenvalue weighted by atomic mass is 10.2. The van der Waals surface area contributed by atoms with Gasteiger partial charge in [-0.1, -0.05) is 47.7 Å². The predicted octanol–water partition coefficient (Wildman–Crippen LogP) is 2.90. The largest absolute Gasteiger partial charge is 0.495 e. The quantitative estimate of drug-likeness (QED) is 0.784. The van der Waals surface area contributed by atoms with Crippen LogP contribution in [0.25, 0.3) is 0 Å². The number of aromatic nitrogens is 3. The fourth-order valence-electron chi connectivity index (χ4n) is 2.41. The number of methoxy groups -OCH3 is 1. The van der Waals surface area contributed by atoms with Crippen LogP contribution in [-0.4, -0.2) is 28.0 Å². The van der Waals surface area contributed by atoms with Crippen molar-refractivity contribution in [2.45, 2.75) is 13.5 Å². The molecule has 122 valence electrons. The van der Waals surface area contributed by atoms with Crippen molar-refractivity contribution in [2.24, 2.45) is 0 Å². The maximum Gasteiger partial charge on any atom is 0.278 e. The molecule has 3 rings (SSSR count). The van der Waals surface area contributed by atoms with Gasteiger partial charge in [0.05, 0.1) is 25.0 Å². The second-order valence-electron chi connectivity index (χ2n) is 5.32. The highest BCUT2D eigenvalue weighted by Gasteiger charge is 2.18. The van der Waals surface area contributed by atoms with Crippen LogP contribution in [0.15, 0.2) is 54.6 Å². The Morgan fingerprint density at radius 2 is 1.83 bits per heavy atom. The van der Waals surface area contributed by atoms with Gasteiger partial charge in [-0.2, -0.15) is 0 Å². The van der Waals surface area contributed by atoms with E-state index < -0.39 is 0 Å². The van der Waals surface area contributed by atoms with Gasteiger partial charge in [-0.3, -0.25) is 4.79 Å². The Morgan fingerprint density at radius 3 is 2.58 bits per heavy atom. The molecule has 24 heavy (non-hydrogen) atoms. The first-order valence-electron chi connectivity index (χ1n) is 7.57. The zero-order chi connectivity index (χ0) is 16.9. The molecule has 0 atom stereocenters. The van der Waals surface area contributed by atoms with Gasteiger partial charge in [-0.25, -0.2) is 4.68 Å². The normalized spacial score (nSPS) is 10.4. The lowest BCUT2D eigenvalue weighted by Crippen LogP contribution is -2.15. The number of para-hydroxylation sites is 2. The van der Waals surface area contributed by atoms with E-state index in [4.69, 9.17) is 4.74 Å². The summed E-state index contributed by atoms with van der Waals surface area (Å²) in [6.45, 7) is 2.40. The second kappa shape index (κ2) is 6.95. The van der Waals surface area contributed by atoms with Gasteiger partial charge in [0, 0.05) is 0 Å². The predicted molar refractivity (Wildman–Crippen MR) is 91.3 cm³/mol. The average molecular weight is 322 g/mol. The van der Waals surface area contributed by atoms with Crippen LogP contribution in [0.3, 0.4) is 0 Å². The molecule has 0 fully saturated rings. The molecule has 1 N–H and O–H groups in total. The number of amides is 1. The Hall–Kier alpha value is -3.15. The lowest BCUT2D eigenvalue weighted by Gasteiger charge is -2.09. The molecule has 0 bridgehead atoms. The van der Waals surface area contributed by atoms with Crippen LogP contribution in [-0.2, 0) is 6.54 Å². The van der Waals surface area contributed by atoms with Gasteiger partial charge >= 0.3 is 0 Å². The third-order valence-corrected chi connectivity index (χ3v) is 3.73. The smallest absolute Gasteiger partial charge is 0.278 e. The molecular weight excluding hydrogens is 304 g/mol. The summed E-state index contributed by atoms with van der Waals surface area (Å²) in [6.07, 6.45) is 0. The summed E-state index contributed by atoms with van der Waals surface area (Å²) in [7, 11) is 1.56. The van der Waals surface area contributed by atoms with Gasteiger partial charge in [-0.15, -0.1) is 5.10 Å². The summed E-state index contributed by atoms with van der Waals surface area (Å²) >= 11 is 0. The molecular formula is C18H18N4O2. The molecule has 0 saturated heterocycles. The standard InChI is InChI=1S/C18H18N4O2/c1-13-17(18(23)19-15-10-6-7-11-16(15)24-2)20-21-22(13)12-14-8-4-3-5-9-14/h3-11H,12H2,1-2H3,(H,19,23). The van der Waals surface area contributed by atoms with E-state index >= 15 is 0 Å². The van der Waals surface area contributed by atoms with Crippen molar-refractivity contribution in [1.29, 1.82) is 0 Å². The number of carbonyl (C=O) groups excluding carboxylic acids is 1. The number of nitrogens with one attached hydrogen (secondary N) is 1. The first kappa shape index (κ1) is 15.7. The van der Waals surface area contributed by atoms with Crippen LogP contribution in [0.5, 0.6) is 5.75 Å². The van der Waals surface area contributed by atoms with E-state index in [0.29, 0.717) is 29.4 Å². The maximum absolute atomic E-state index is 12.5. The van der Waals surface area contributed by atoms with E-state index in [2.05, 4.69) is 15.6 Å². The highest BCUT2D eigenvalue weighted by atomic mass is 16.5. The van der Waals surface area contributed by atoms with Crippen molar-refractivity contribution in [1.82, 2.24) is 15.0 Å². The summed E-state index contributed by atoms with van der Waals surface area (Å²) in [4.78, 5) is 12.5. The first-order valence-corrected chi connectivity index (χ1v) is 7.57. The number of rotatable bonds is 5. The van der Waals surface area contributed by atoms with Crippen molar-refractivity contribution in [3.63, 3.8) is 0 Å². The Labute approximate surface area is 140 Å². The van der Waals surface area contributed by atoms with Gasteiger partial charge in [0.2, 0.25) is 0 Å². The minimum Gasteiger partial charge on any atom is -0.495 e. The first-order chi connectivity index (χ1) is 11.7. The van der Waals surface area contributed by atoms with Crippen LogP contribution in [0.1, 0.15) is 21.7 Å². The summed E-state index contributed by atoms with van der Waals surface area (Å²) < 4.78 is 6.96. The Balaban J connectivity index is 1.79. The molecule has 0 radical (unpaired) electrons. The maximum atomic E-state index is 12.5. The van der Waals surface area contributed by atoms with Gasteiger partial charge in [0.25, 0.3) is 5.91 Å². The van der Waals surface area contributed by atoms with Gasteiger partial charge in [0.15, 0.2) is 5.69 Å². The number of carbonyl (C=O) groups is 1. The molecule has 3 aromatic rings. The Morgan fingerprint density at radius 1 is 1.12 bits per heavy atom. The van der Waals surface area contributed by atoms with Crippen molar-refractivity contribution < 1.29 is 9.53 Å². The molecule has 1 heterocycles. The highest BCUT2D eigenvalue weighted by Crippen LogP contribution is 2.23. The van der Waals surface area contributed by atoms with Crippen LogP contribution in [0.4, 0.5) is 5.69 Å². The molecule has 0 aliphatic carbocycles. The van der Waals surface area contributed by atoms with Gasteiger partial charge in [-0.05, 0) is 24.6 Å². The number of hydrogen-bond acceptors (Lipinski definition) is 4. The zero-order valence-corrected chi connectivity index (χ0v) is 13.6. The van der Waals surface area contributed by atoms with E-state index in [-0.39, 0.29) is 5.91 Å². The summed E-state index contributed by atoms with van der Waals surface area (Å²) in [5, 5.41) is 10.9. The van der Waals surface area contributed by atoms with E-state index in [1.54, 1.807) is 23.9 Å². The molecule has 0 aliphatic rings. The van der Waals surface area contributed by atoms with Crippen molar-refractivity contribution >= 4 is 11.6 Å². The third-order valence-electron chi connectivity index (χ3n) is 3.73. The monoisotopic (exact) mass is 322 g/mol. The van der Waals surface area contributed by atoms with Crippen molar-refractivity contribution in [3.05, 3.63) is 71.5 Å². The van der Waals surface area contributed by atoms with Crippen LogP contribution in [0, 0.1) is 6.92 Å². The van der Waals surface area contributed by atoms with E-state index in [9.17, 15) is 4.79 Å². The molecule has 0 saturated carbocycles. The van der Waals surface area contributed by atoms with Crippen LogP contribution in [0.2, 0.25) is 0 Å². The molecule has 1 amide bonds. The van der Waals surface area contributed by atoms with Gasteiger partial charge < -0.3 is 10.1 Å². The minimum absolute atomic E-state index is 0.303. The molecule has 2 aromatic carbocycles. The molecule has 0 aliphatic heterocycles. The van der Waals surface area contributed by atoms with Crippen molar-refractivity contribution in [2.75, 3.05) is 12.4 Å². The average Bonchev–Trinajstić information content (AvgIpc) is 2.97. The molecule has 6 heteroatoms. The SMILES string of the molecule is COc1ccccc1NC(=O)c1nnn(Cc2ccccc2)c1C. The number of ether oxygens (including phenoxy) is 1. The molecule has 1 aromatic heterocycles. The molecule has 0 spiro atoms. The topological polar surface area (TPSA) is 69.0 Å². The minimum atomic E-state index is -0.309. The van der Waals surface area contributed by atoms with E-state index in [1.807, 2.05) is 49.4 Å². The Bertz CT molecular complexity index is 843. The fourth-order valence-corrected chi connectivity index (χ4v) is 2.41. The number of hydrogen-bond donors (Lipinski definition) is 1. The molecule has 6 nitrogen and oxygen atoms in total. The number of nitrogens with zero attached hydrogens (tertiary/aromatic N) is 3. The highest BCUT2D eigenvalue weighted by molar-refractivity contribution is 6.04. The van der Waals surface area contributed by atoms with Crippen LogP contribution < -0.4 is 10.1 Å². The zero-order valence-electron chi connectivity index (χ0n) is 13.6. The van der Waals surface area contributed by atoms with Crippen LogP contribution >= 0.6 is 0 Å². The lowest BCUT2D eigenvalue weighted by molar-refractivity contribution is 0.102. The Kier molecular flexibility index (Phi) is 4.56. The summed E-state index contributed by atoms with van der Waals surface area (Å²) in [6, 6.07) is 17.2. The second-order valence-corrected chi connectivity index (χ2v) is 5.32. The third kappa shape index (κ3) is 3.27. The number of anilines is 1. The van der Waals surface area contributed by atoms with E-state index in [1.165, 1.54) is 0 Å². The summed E-state index contributed by atoms with van der Waals surface area (Å²) in [5.41, 5.74) is 2.72. The summed E-state index contributed by atoms with van der Waals surface area (Å²) in [5.74, 6) is 0.288. The molecule has 0 unspecified atom stereocenters. The van der Waals surface area contributed by atoms with Gasteiger partial charge in [0.1, 0.15) is 5.75 Å².